The number of hydrogen-bond donors (Lipinski definition) is 0. The predicted octanol–water partition coefficient (Wildman–Crippen LogP) is 1.47. The van der Waals surface area contributed by atoms with E-state index in [1.54, 1.807) is 0 Å². The molecule has 1 rings (SSSR count). The summed E-state index contributed by atoms with van der Waals surface area (Å²) in [5.41, 5.74) is 0.214. The van der Waals surface area contributed by atoms with Gasteiger partial charge >= 0.3 is 0 Å². The van der Waals surface area contributed by atoms with Crippen molar-refractivity contribution >= 4 is 9.84 Å². The molecule has 1 aliphatic rings. The average molecular weight is 176 g/mol. The van der Waals surface area contributed by atoms with Gasteiger partial charge in [0.2, 0.25) is 0 Å². The van der Waals surface area contributed by atoms with Gasteiger partial charge < -0.3 is 0 Å². The highest BCUT2D eigenvalue weighted by molar-refractivity contribution is 7.92. The average Bonchev–Trinajstić information content (AvgIpc) is 1.83. The Morgan fingerprint density at radius 2 is 1.82 bits per heavy atom. The van der Waals surface area contributed by atoms with Gasteiger partial charge in [0.15, 0.2) is 9.84 Å². The van der Waals surface area contributed by atoms with Crippen LogP contribution in [0.4, 0.5) is 0 Å². The largest absolute Gasteiger partial charge is 0.229 e. The number of sulfone groups is 1. The minimum Gasteiger partial charge on any atom is -0.229 e. The monoisotopic (exact) mass is 176 g/mol. The molecule has 66 valence electrons. The first-order chi connectivity index (χ1) is 4.87. The molecule has 0 spiro atoms. The summed E-state index contributed by atoms with van der Waals surface area (Å²) in [4.78, 5) is 0. The van der Waals surface area contributed by atoms with Gasteiger partial charge in [-0.05, 0) is 11.3 Å². The van der Waals surface area contributed by atoms with Gasteiger partial charge in [-0.3, -0.25) is 0 Å². The zero-order chi connectivity index (χ0) is 8.70. The lowest BCUT2D eigenvalue weighted by atomic mass is 9.78. The quantitative estimate of drug-likeness (QED) is 0.638. The predicted molar refractivity (Wildman–Crippen MR) is 46.2 cm³/mol. The molecular formula is C8H16O2S. The van der Waals surface area contributed by atoms with Crippen LogP contribution >= 0.6 is 0 Å². The zero-order valence-electron chi connectivity index (χ0n) is 7.42. The Hall–Kier alpha value is -0.0500. The van der Waals surface area contributed by atoms with Gasteiger partial charge in [0.25, 0.3) is 0 Å². The van der Waals surface area contributed by atoms with Gasteiger partial charge in [-0.1, -0.05) is 27.2 Å². The van der Waals surface area contributed by atoms with Crippen molar-refractivity contribution in [3.8, 4) is 0 Å². The molecule has 1 heterocycles. The van der Waals surface area contributed by atoms with E-state index in [-0.39, 0.29) is 5.41 Å². The van der Waals surface area contributed by atoms with E-state index in [4.69, 9.17) is 0 Å². The Morgan fingerprint density at radius 3 is 2.09 bits per heavy atom. The van der Waals surface area contributed by atoms with E-state index in [9.17, 15) is 8.42 Å². The lowest BCUT2D eigenvalue weighted by molar-refractivity contribution is 0.228. The van der Waals surface area contributed by atoms with Crippen molar-refractivity contribution in [2.24, 2.45) is 11.3 Å². The SMILES string of the molecule is CCC(C)(C)C1CS(=O)(=O)C1. The summed E-state index contributed by atoms with van der Waals surface area (Å²) in [6.45, 7) is 6.41. The normalized spacial score (nSPS) is 24.6. The first kappa shape index (κ1) is 9.04. The minimum atomic E-state index is -2.62. The second kappa shape index (κ2) is 2.47. The third-order valence-corrected chi connectivity index (χ3v) is 4.75. The van der Waals surface area contributed by atoms with Crippen molar-refractivity contribution in [3.05, 3.63) is 0 Å². The molecule has 0 aliphatic carbocycles. The topological polar surface area (TPSA) is 34.1 Å². The molecule has 1 aliphatic heterocycles. The molecule has 2 nitrogen and oxygen atoms in total. The van der Waals surface area contributed by atoms with Crippen molar-refractivity contribution in [3.63, 3.8) is 0 Å². The van der Waals surface area contributed by atoms with Crippen LogP contribution in [0.15, 0.2) is 0 Å². The molecule has 0 amide bonds. The van der Waals surface area contributed by atoms with Crippen LogP contribution in [-0.2, 0) is 9.84 Å². The number of hydrogen-bond acceptors (Lipinski definition) is 2. The van der Waals surface area contributed by atoms with Gasteiger partial charge in [0.05, 0.1) is 11.5 Å². The van der Waals surface area contributed by atoms with Gasteiger partial charge in [0.1, 0.15) is 0 Å². The highest BCUT2D eigenvalue weighted by atomic mass is 32.2. The van der Waals surface area contributed by atoms with E-state index in [0.29, 0.717) is 17.4 Å². The maximum absolute atomic E-state index is 10.9. The van der Waals surface area contributed by atoms with Gasteiger partial charge in [-0.15, -0.1) is 0 Å². The molecule has 0 aromatic rings. The maximum Gasteiger partial charge on any atom is 0.150 e. The molecule has 0 aromatic heterocycles. The van der Waals surface area contributed by atoms with Gasteiger partial charge in [-0.25, -0.2) is 8.42 Å². The third kappa shape index (κ3) is 1.75. The van der Waals surface area contributed by atoms with E-state index >= 15 is 0 Å². The summed E-state index contributed by atoms with van der Waals surface area (Å²) in [5.74, 6) is 1.22. The number of rotatable bonds is 2. The molecule has 1 saturated heterocycles. The van der Waals surface area contributed by atoms with E-state index in [1.165, 1.54) is 0 Å². The van der Waals surface area contributed by atoms with Crippen molar-refractivity contribution in [2.45, 2.75) is 27.2 Å². The molecule has 0 unspecified atom stereocenters. The van der Waals surface area contributed by atoms with Crippen LogP contribution in [0.2, 0.25) is 0 Å². The van der Waals surface area contributed by atoms with E-state index in [0.717, 1.165) is 6.42 Å². The second-order valence-electron chi connectivity index (χ2n) is 4.12. The summed E-state index contributed by atoms with van der Waals surface area (Å²) in [6, 6.07) is 0. The van der Waals surface area contributed by atoms with Crippen LogP contribution in [0, 0.1) is 11.3 Å². The smallest absolute Gasteiger partial charge is 0.150 e. The van der Waals surface area contributed by atoms with E-state index in [1.807, 2.05) is 0 Å². The lowest BCUT2D eigenvalue weighted by Gasteiger charge is -2.39. The summed E-state index contributed by atoms with van der Waals surface area (Å²) in [6.07, 6.45) is 1.06. The van der Waals surface area contributed by atoms with Crippen molar-refractivity contribution in [1.82, 2.24) is 0 Å². The van der Waals surface area contributed by atoms with Crippen molar-refractivity contribution < 1.29 is 8.42 Å². The molecular weight excluding hydrogens is 160 g/mol. The Kier molecular flexibility index (Phi) is 2.03. The molecule has 0 N–H and O–H groups in total. The second-order valence-corrected chi connectivity index (χ2v) is 6.27. The third-order valence-electron chi connectivity index (χ3n) is 2.93. The minimum absolute atomic E-state index is 0.214. The van der Waals surface area contributed by atoms with Crippen molar-refractivity contribution in [2.75, 3.05) is 11.5 Å². The molecule has 3 heteroatoms. The summed E-state index contributed by atoms with van der Waals surface area (Å²) in [7, 11) is -2.62. The molecule has 0 aromatic carbocycles. The van der Waals surface area contributed by atoms with Gasteiger partial charge in [0, 0.05) is 0 Å². The Bertz CT molecular complexity index is 227. The van der Waals surface area contributed by atoms with E-state index < -0.39 is 9.84 Å². The first-order valence-electron chi connectivity index (χ1n) is 4.08. The molecule has 11 heavy (non-hydrogen) atoms. The summed E-state index contributed by atoms with van der Waals surface area (Å²) >= 11 is 0. The van der Waals surface area contributed by atoms with Gasteiger partial charge in [-0.2, -0.15) is 0 Å². The highest BCUT2D eigenvalue weighted by Crippen LogP contribution is 2.38. The fourth-order valence-electron chi connectivity index (χ4n) is 1.30. The molecule has 0 saturated carbocycles. The van der Waals surface area contributed by atoms with Crippen LogP contribution in [0.5, 0.6) is 0 Å². The van der Waals surface area contributed by atoms with Crippen LogP contribution in [0.3, 0.4) is 0 Å². The van der Waals surface area contributed by atoms with Crippen LogP contribution < -0.4 is 0 Å². The standard InChI is InChI=1S/C8H16O2S/c1-4-8(2,3)7-5-11(9,10)6-7/h7H,4-6H2,1-3H3. The fourth-order valence-corrected chi connectivity index (χ4v) is 3.33. The van der Waals surface area contributed by atoms with Crippen LogP contribution in [0.25, 0.3) is 0 Å². The van der Waals surface area contributed by atoms with E-state index in [2.05, 4.69) is 20.8 Å². The highest BCUT2D eigenvalue weighted by Gasteiger charge is 2.42. The molecule has 1 fully saturated rings. The van der Waals surface area contributed by atoms with Crippen LogP contribution in [-0.4, -0.2) is 19.9 Å². The molecule has 0 atom stereocenters. The summed E-state index contributed by atoms with van der Waals surface area (Å²) in [5, 5.41) is 0. The zero-order valence-corrected chi connectivity index (χ0v) is 8.24. The first-order valence-corrected chi connectivity index (χ1v) is 5.90. The Balaban J connectivity index is 2.56. The molecule has 0 radical (unpaired) electrons. The van der Waals surface area contributed by atoms with Crippen molar-refractivity contribution in [1.29, 1.82) is 0 Å². The molecule has 0 bridgehead atoms. The fraction of sp³-hybridized carbons (Fsp3) is 1.00. The Labute approximate surface area is 68.9 Å². The lowest BCUT2D eigenvalue weighted by Crippen LogP contribution is -2.45. The summed E-state index contributed by atoms with van der Waals surface area (Å²) < 4.78 is 21.7. The van der Waals surface area contributed by atoms with Crippen LogP contribution in [0.1, 0.15) is 27.2 Å². The Morgan fingerprint density at radius 1 is 1.36 bits per heavy atom. The maximum atomic E-state index is 10.9.